The first-order valence-electron chi connectivity index (χ1n) is 12.0. The van der Waals surface area contributed by atoms with Gasteiger partial charge in [-0.1, -0.05) is 84.9 Å². The summed E-state index contributed by atoms with van der Waals surface area (Å²) in [4.78, 5) is 0. The van der Waals surface area contributed by atoms with Crippen molar-refractivity contribution in [2.45, 2.75) is 87.5 Å². The minimum absolute atomic E-state index is 0. The molecule has 1 rings (SSSR count). The molecule has 0 aromatic carbocycles. The predicted octanol–water partition coefficient (Wildman–Crippen LogP) is 9.70. The van der Waals surface area contributed by atoms with Gasteiger partial charge in [-0.05, 0) is 82.0 Å². The average Bonchev–Trinajstić information content (AvgIpc) is 3.16. The van der Waals surface area contributed by atoms with Crippen LogP contribution in [0.15, 0.2) is 53.0 Å². The van der Waals surface area contributed by atoms with Gasteiger partial charge in [-0.15, -0.1) is 0 Å². The van der Waals surface area contributed by atoms with Crippen molar-refractivity contribution in [3.8, 4) is 0 Å². The minimum atomic E-state index is -1.19. The van der Waals surface area contributed by atoms with Gasteiger partial charge in [0, 0.05) is 33.8 Å². The van der Waals surface area contributed by atoms with Crippen LogP contribution in [0.2, 0.25) is 0 Å². The molecule has 0 saturated carbocycles. The van der Waals surface area contributed by atoms with Gasteiger partial charge in [0.25, 0.3) is 0 Å². The fraction of sp³-hybridized carbons (Fsp3) is 0.704. The van der Waals surface area contributed by atoms with Gasteiger partial charge in [0.2, 0.25) is 0 Å². The van der Waals surface area contributed by atoms with Crippen LogP contribution in [0.3, 0.4) is 0 Å². The van der Waals surface area contributed by atoms with Crippen LogP contribution in [0.25, 0.3) is 0 Å². The van der Waals surface area contributed by atoms with Gasteiger partial charge < -0.3 is 0 Å². The molecule has 3 heteroatoms. The summed E-state index contributed by atoms with van der Waals surface area (Å²) >= 11 is 0. The van der Waals surface area contributed by atoms with E-state index in [-0.39, 0.29) is 21.7 Å². The SMILES string of the molecule is CC(C)CCP(CCC(C)C)(CCC(C)C)=NC1=CC=CC1.CC=CC=CCC.[Ti]. The van der Waals surface area contributed by atoms with E-state index in [4.69, 9.17) is 4.74 Å². The third-order valence-corrected chi connectivity index (χ3v) is 9.09. The van der Waals surface area contributed by atoms with Crippen molar-refractivity contribution >= 4 is 7.05 Å². The molecule has 0 fully saturated rings. The average molecular weight is 468 g/mol. The molecular formula is C27H50NPTi. The van der Waals surface area contributed by atoms with Crippen molar-refractivity contribution in [1.29, 1.82) is 0 Å². The molecule has 0 amide bonds. The number of hydrogen-bond donors (Lipinski definition) is 0. The maximum Gasteiger partial charge on any atom is 0.0425 e. The monoisotopic (exact) mass is 467 g/mol. The van der Waals surface area contributed by atoms with E-state index in [1.807, 2.05) is 19.1 Å². The Morgan fingerprint density at radius 2 is 1.40 bits per heavy atom. The summed E-state index contributed by atoms with van der Waals surface area (Å²) in [5.41, 5.74) is 1.35. The van der Waals surface area contributed by atoms with Crippen LogP contribution in [0, 0.1) is 17.8 Å². The molecule has 1 aliphatic rings. The van der Waals surface area contributed by atoms with E-state index in [1.165, 1.54) is 43.4 Å². The third-order valence-electron chi connectivity index (χ3n) is 5.14. The smallest absolute Gasteiger partial charge is 0.0425 e. The fourth-order valence-electron chi connectivity index (χ4n) is 3.09. The maximum absolute atomic E-state index is 5.43. The third kappa shape index (κ3) is 17.6. The second kappa shape index (κ2) is 19.6. The summed E-state index contributed by atoms with van der Waals surface area (Å²) in [6.07, 6.45) is 25.2. The van der Waals surface area contributed by atoms with Crippen molar-refractivity contribution in [2.75, 3.05) is 18.5 Å². The first-order chi connectivity index (χ1) is 13.7. The minimum Gasteiger partial charge on any atom is -0.272 e. The van der Waals surface area contributed by atoms with E-state index in [0.717, 1.165) is 30.6 Å². The first kappa shape index (κ1) is 32.1. The van der Waals surface area contributed by atoms with Crippen LogP contribution in [-0.4, -0.2) is 18.5 Å². The molecule has 0 heterocycles. The van der Waals surface area contributed by atoms with Crippen LogP contribution >= 0.6 is 7.05 Å². The summed E-state index contributed by atoms with van der Waals surface area (Å²) in [6, 6.07) is 0. The van der Waals surface area contributed by atoms with Crippen LogP contribution in [0.1, 0.15) is 87.5 Å². The molecule has 0 unspecified atom stereocenters. The molecule has 0 bridgehead atoms. The zero-order chi connectivity index (χ0) is 22.1. The second-order valence-electron chi connectivity index (χ2n) is 9.57. The molecule has 1 aliphatic carbocycles. The Labute approximate surface area is 204 Å². The zero-order valence-electron chi connectivity index (χ0n) is 21.3. The molecule has 30 heavy (non-hydrogen) atoms. The van der Waals surface area contributed by atoms with E-state index >= 15 is 0 Å². The molecule has 0 radical (unpaired) electrons. The molecule has 172 valence electrons. The largest absolute Gasteiger partial charge is 0.272 e. The summed E-state index contributed by atoms with van der Waals surface area (Å²) in [5, 5.41) is 0. The number of allylic oxidation sites excluding steroid dienone is 7. The number of hydrogen-bond acceptors (Lipinski definition) is 1. The molecule has 0 atom stereocenters. The second-order valence-corrected chi connectivity index (χ2v) is 13.3. The van der Waals surface area contributed by atoms with E-state index in [1.54, 1.807) is 0 Å². The Bertz CT molecular complexity index is 542. The zero-order valence-corrected chi connectivity index (χ0v) is 23.8. The summed E-state index contributed by atoms with van der Waals surface area (Å²) in [6.45, 7) is 18.3. The predicted molar refractivity (Wildman–Crippen MR) is 138 cm³/mol. The maximum atomic E-state index is 5.43. The Morgan fingerprint density at radius 1 is 0.900 bits per heavy atom. The van der Waals surface area contributed by atoms with E-state index in [0.29, 0.717) is 0 Å². The van der Waals surface area contributed by atoms with E-state index < -0.39 is 7.05 Å². The van der Waals surface area contributed by atoms with Gasteiger partial charge >= 0.3 is 0 Å². The van der Waals surface area contributed by atoms with Gasteiger partial charge in [0.05, 0.1) is 0 Å². The van der Waals surface area contributed by atoms with Crippen molar-refractivity contribution in [1.82, 2.24) is 0 Å². The molecule has 0 aromatic heterocycles. The first-order valence-corrected chi connectivity index (χ1v) is 14.3. The van der Waals surface area contributed by atoms with E-state index in [9.17, 15) is 0 Å². The van der Waals surface area contributed by atoms with Crippen LogP contribution < -0.4 is 0 Å². The van der Waals surface area contributed by atoms with Crippen LogP contribution in [0.5, 0.6) is 0 Å². The van der Waals surface area contributed by atoms with Crippen molar-refractivity contribution < 1.29 is 21.7 Å². The number of nitrogens with zero attached hydrogens (tertiary/aromatic N) is 1. The standard InChI is InChI=1S/C20H38NP.C7H12.Ti/c1-17(2)11-14-22(15-12-18(3)4,16-13-19(5)6)21-20-9-7-8-10-20;1-3-5-7-6-4-2;/h7-9,17-19H,10-16H2,1-6H3;3,5-7H,4H2,1-2H3;. The Balaban J connectivity index is 0. The van der Waals surface area contributed by atoms with Crippen molar-refractivity contribution in [3.63, 3.8) is 0 Å². The number of rotatable bonds is 12. The Kier molecular flexibility index (Phi) is 20.9. The molecule has 0 aromatic rings. The molecule has 0 N–H and O–H groups in total. The molecule has 0 aliphatic heterocycles. The summed E-state index contributed by atoms with van der Waals surface area (Å²) in [7, 11) is -1.19. The van der Waals surface area contributed by atoms with Gasteiger partial charge in [-0.3, -0.25) is 4.74 Å². The molecular weight excluding hydrogens is 417 g/mol. The van der Waals surface area contributed by atoms with Crippen LogP contribution in [-0.2, 0) is 21.7 Å². The van der Waals surface area contributed by atoms with Gasteiger partial charge in [0.1, 0.15) is 0 Å². The Morgan fingerprint density at radius 3 is 1.73 bits per heavy atom. The molecule has 0 saturated heterocycles. The van der Waals surface area contributed by atoms with Gasteiger partial charge in [-0.2, -0.15) is 0 Å². The summed E-state index contributed by atoms with van der Waals surface area (Å²) in [5.74, 6) is 2.38. The molecule has 0 spiro atoms. The summed E-state index contributed by atoms with van der Waals surface area (Å²) < 4.78 is 5.43. The van der Waals surface area contributed by atoms with Gasteiger partial charge in [-0.25, -0.2) is 0 Å². The van der Waals surface area contributed by atoms with Crippen molar-refractivity contribution in [3.05, 3.63) is 48.2 Å². The van der Waals surface area contributed by atoms with Crippen LogP contribution in [0.4, 0.5) is 0 Å². The molecule has 1 nitrogen and oxygen atoms in total. The quantitative estimate of drug-likeness (QED) is 0.154. The van der Waals surface area contributed by atoms with Crippen molar-refractivity contribution in [2.24, 2.45) is 22.5 Å². The Hall–Kier alpha value is -0.0957. The van der Waals surface area contributed by atoms with E-state index in [2.05, 4.69) is 78.8 Å². The normalized spacial score (nSPS) is 13.9. The van der Waals surface area contributed by atoms with Gasteiger partial charge in [0.15, 0.2) is 0 Å². The fourth-order valence-corrected chi connectivity index (χ4v) is 7.74. The topological polar surface area (TPSA) is 12.4 Å².